The summed E-state index contributed by atoms with van der Waals surface area (Å²) in [5.41, 5.74) is 1.28. The third kappa shape index (κ3) is 3.36. The number of morpholine rings is 1. The molecule has 0 aliphatic carbocycles. The van der Waals surface area contributed by atoms with Gasteiger partial charge in [-0.2, -0.15) is 0 Å². The number of benzene rings is 1. The Bertz CT molecular complexity index is 328. The Kier molecular flexibility index (Phi) is 4.47. The van der Waals surface area contributed by atoms with E-state index in [2.05, 4.69) is 17.0 Å². The lowest BCUT2D eigenvalue weighted by atomic mass is 10.2. The van der Waals surface area contributed by atoms with E-state index >= 15 is 0 Å². The van der Waals surface area contributed by atoms with Gasteiger partial charge in [0.2, 0.25) is 0 Å². The Morgan fingerprint density at radius 1 is 1.31 bits per heavy atom. The summed E-state index contributed by atoms with van der Waals surface area (Å²) >= 11 is 11.6. The summed E-state index contributed by atoms with van der Waals surface area (Å²) in [7, 11) is 0. The summed E-state index contributed by atoms with van der Waals surface area (Å²) in [6, 6.07) is 7.98. The molecule has 16 heavy (non-hydrogen) atoms. The summed E-state index contributed by atoms with van der Waals surface area (Å²) in [5.74, 6) is 0.567. The molecule has 0 bridgehead atoms. The van der Waals surface area contributed by atoms with Crippen molar-refractivity contribution in [2.75, 3.05) is 25.6 Å². The Labute approximate surface area is 106 Å². The maximum atomic E-state index is 5.85. The zero-order valence-electron chi connectivity index (χ0n) is 9.03. The molecule has 2 nitrogen and oxygen atoms in total. The van der Waals surface area contributed by atoms with Crippen molar-refractivity contribution in [2.24, 2.45) is 0 Å². The minimum absolute atomic E-state index is 0.169. The van der Waals surface area contributed by atoms with Crippen LogP contribution in [0.1, 0.15) is 5.56 Å². The highest BCUT2D eigenvalue weighted by Crippen LogP contribution is 2.14. The highest BCUT2D eigenvalue weighted by Gasteiger charge is 2.19. The van der Waals surface area contributed by atoms with E-state index in [1.165, 1.54) is 5.56 Å². The molecule has 88 valence electrons. The van der Waals surface area contributed by atoms with Crippen LogP contribution in [-0.2, 0) is 11.3 Å². The van der Waals surface area contributed by atoms with Gasteiger partial charge >= 0.3 is 0 Å². The topological polar surface area (TPSA) is 12.5 Å². The Hall–Kier alpha value is -0.280. The second-order valence-electron chi connectivity index (χ2n) is 4.01. The third-order valence-electron chi connectivity index (χ3n) is 2.71. The number of ether oxygens (including phenoxy) is 1. The van der Waals surface area contributed by atoms with Gasteiger partial charge in [-0.3, -0.25) is 4.90 Å². The van der Waals surface area contributed by atoms with Gasteiger partial charge in [0.15, 0.2) is 0 Å². The molecule has 1 saturated heterocycles. The average Bonchev–Trinajstić information content (AvgIpc) is 2.32. The predicted octanol–water partition coefficient (Wildman–Crippen LogP) is 2.78. The lowest BCUT2D eigenvalue weighted by Crippen LogP contribution is -2.42. The predicted molar refractivity (Wildman–Crippen MR) is 67.2 cm³/mol. The monoisotopic (exact) mass is 259 g/mol. The van der Waals surface area contributed by atoms with Gasteiger partial charge in [0.05, 0.1) is 12.7 Å². The first kappa shape index (κ1) is 12.2. The van der Waals surface area contributed by atoms with Crippen molar-refractivity contribution >= 4 is 23.2 Å². The van der Waals surface area contributed by atoms with Crippen molar-refractivity contribution in [3.63, 3.8) is 0 Å². The maximum absolute atomic E-state index is 5.85. The minimum atomic E-state index is 0.169. The number of hydrogen-bond acceptors (Lipinski definition) is 2. The van der Waals surface area contributed by atoms with Crippen molar-refractivity contribution in [3.8, 4) is 0 Å². The molecular formula is C12H15Cl2NO. The lowest BCUT2D eigenvalue weighted by Gasteiger charge is -2.31. The standard InChI is InChI=1S/C12H15Cl2NO/c13-7-12-9-15(5-6-16-12)8-10-1-3-11(14)4-2-10/h1-4,12H,5-9H2. The van der Waals surface area contributed by atoms with Crippen molar-refractivity contribution in [3.05, 3.63) is 34.9 Å². The van der Waals surface area contributed by atoms with Crippen LogP contribution < -0.4 is 0 Å². The van der Waals surface area contributed by atoms with Gasteiger partial charge in [-0.15, -0.1) is 11.6 Å². The molecule has 4 heteroatoms. The summed E-state index contributed by atoms with van der Waals surface area (Å²) in [5, 5.41) is 0.782. The van der Waals surface area contributed by atoms with Gasteiger partial charge in [-0.1, -0.05) is 23.7 Å². The van der Waals surface area contributed by atoms with Crippen LogP contribution in [-0.4, -0.2) is 36.6 Å². The molecule has 0 spiro atoms. The molecule has 2 rings (SSSR count). The fourth-order valence-electron chi connectivity index (χ4n) is 1.87. The van der Waals surface area contributed by atoms with E-state index in [0.717, 1.165) is 31.3 Å². The summed E-state index contributed by atoms with van der Waals surface area (Å²) < 4.78 is 5.52. The van der Waals surface area contributed by atoms with Crippen molar-refractivity contribution in [1.29, 1.82) is 0 Å². The zero-order valence-corrected chi connectivity index (χ0v) is 10.5. The molecule has 1 aromatic carbocycles. The average molecular weight is 260 g/mol. The smallest absolute Gasteiger partial charge is 0.0837 e. The molecule has 1 atom stereocenters. The molecule has 1 fully saturated rings. The number of halogens is 2. The first-order chi connectivity index (χ1) is 7.78. The Balaban J connectivity index is 1.91. The van der Waals surface area contributed by atoms with Crippen LogP contribution in [0.3, 0.4) is 0 Å². The Morgan fingerprint density at radius 2 is 2.06 bits per heavy atom. The van der Waals surface area contributed by atoms with Gasteiger partial charge in [-0.25, -0.2) is 0 Å². The van der Waals surface area contributed by atoms with Crippen molar-refractivity contribution in [2.45, 2.75) is 12.6 Å². The van der Waals surface area contributed by atoms with Crippen LogP contribution in [0, 0.1) is 0 Å². The molecule has 0 amide bonds. The molecule has 1 aliphatic rings. The molecule has 1 unspecified atom stereocenters. The molecular weight excluding hydrogens is 245 g/mol. The molecule has 0 aromatic heterocycles. The summed E-state index contributed by atoms with van der Waals surface area (Å²) in [6.45, 7) is 3.58. The van der Waals surface area contributed by atoms with E-state index in [4.69, 9.17) is 27.9 Å². The number of hydrogen-bond donors (Lipinski definition) is 0. The minimum Gasteiger partial charge on any atom is -0.374 e. The quantitative estimate of drug-likeness (QED) is 0.775. The van der Waals surface area contributed by atoms with E-state index in [-0.39, 0.29) is 6.10 Å². The SMILES string of the molecule is ClCC1CN(Cc2ccc(Cl)cc2)CCO1. The highest BCUT2D eigenvalue weighted by atomic mass is 35.5. The largest absolute Gasteiger partial charge is 0.374 e. The molecule has 1 aliphatic heterocycles. The van der Waals surface area contributed by atoms with Gasteiger partial charge in [0.1, 0.15) is 0 Å². The van der Waals surface area contributed by atoms with E-state index in [9.17, 15) is 0 Å². The van der Waals surface area contributed by atoms with E-state index in [1.807, 2.05) is 12.1 Å². The summed E-state index contributed by atoms with van der Waals surface area (Å²) in [4.78, 5) is 2.36. The molecule has 1 heterocycles. The summed E-state index contributed by atoms with van der Waals surface area (Å²) in [6.07, 6.45) is 0.169. The van der Waals surface area contributed by atoms with Crippen LogP contribution in [0.2, 0.25) is 5.02 Å². The molecule has 1 aromatic rings. The van der Waals surface area contributed by atoms with Crippen LogP contribution in [0.25, 0.3) is 0 Å². The zero-order chi connectivity index (χ0) is 11.4. The number of alkyl halides is 1. The van der Waals surface area contributed by atoms with Crippen LogP contribution >= 0.6 is 23.2 Å². The maximum Gasteiger partial charge on any atom is 0.0837 e. The first-order valence-corrected chi connectivity index (χ1v) is 6.33. The van der Waals surface area contributed by atoms with Crippen molar-refractivity contribution in [1.82, 2.24) is 4.90 Å². The van der Waals surface area contributed by atoms with E-state index < -0.39 is 0 Å². The van der Waals surface area contributed by atoms with Crippen molar-refractivity contribution < 1.29 is 4.74 Å². The number of nitrogens with zero attached hydrogens (tertiary/aromatic N) is 1. The van der Waals surface area contributed by atoms with E-state index in [1.54, 1.807) is 0 Å². The fraction of sp³-hybridized carbons (Fsp3) is 0.500. The van der Waals surface area contributed by atoms with E-state index in [0.29, 0.717) is 5.88 Å². The fourth-order valence-corrected chi connectivity index (χ4v) is 2.18. The molecule has 0 radical (unpaired) electrons. The van der Waals surface area contributed by atoms with Gasteiger partial charge in [0.25, 0.3) is 0 Å². The molecule has 0 saturated carbocycles. The first-order valence-electron chi connectivity index (χ1n) is 5.42. The van der Waals surface area contributed by atoms with Crippen LogP contribution in [0.15, 0.2) is 24.3 Å². The van der Waals surface area contributed by atoms with Gasteiger partial charge < -0.3 is 4.74 Å². The number of rotatable bonds is 3. The Morgan fingerprint density at radius 3 is 2.75 bits per heavy atom. The van der Waals surface area contributed by atoms with Crippen LogP contribution in [0.4, 0.5) is 0 Å². The van der Waals surface area contributed by atoms with Gasteiger partial charge in [-0.05, 0) is 17.7 Å². The third-order valence-corrected chi connectivity index (χ3v) is 3.31. The second kappa shape index (κ2) is 5.87. The normalized spacial score (nSPS) is 22.2. The second-order valence-corrected chi connectivity index (χ2v) is 4.75. The van der Waals surface area contributed by atoms with Crippen LogP contribution in [0.5, 0.6) is 0 Å². The van der Waals surface area contributed by atoms with Gasteiger partial charge in [0, 0.05) is 30.5 Å². The lowest BCUT2D eigenvalue weighted by molar-refractivity contribution is -0.0194. The molecule has 0 N–H and O–H groups in total. The highest BCUT2D eigenvalue weighted by molar-refractivity contribution is 6.30.